The summed E-state index contributed by atoms with van der Waals surface area (Å²) in [6.45, 7) is 3.93. The van der Waals surface area contributed by atoms with Crippen molar-refractivity contribution in [2.24, 2.45) is 0 Å². The van der Waals surface area contributed by atoms with Gasteiger partial charge in [-0.3, -0.25) is 4.79 Å². The molecule has 0 fully saturated rings. The Morgan fingerprint density at radius 3 is 2.52 bits per heavy atom. The number of aliphatic hydroxyl groups is 1. The van der Waals surface area contributed by atoms with E-state index in [2.05, 4.69) is 10.4 Å². The summed E-state index contributed by atoms with van der Waals surface area (Å²) in [6.07, 6.45) is 0.660. The lowest BCUT2D eigenvalue weighted by Gasteiger charge is -2.13. The molecule has 0 radical (unpaired) electrons. The first-order valence-electron chi connectivity index (χ1n) is 10.7. The number of nitrogens with zero attached hydrogens (tertiary/aromatic N) is 2. The van der Waals surface area contributed by atoms with Gasteiger partial charge in [0.2, 0.25) is 0 Å². The third-order valence-corrected chi connectivity index (χ3v) is 5.49. The zero-order chi connectivity index (χ0) is 23.4. The zero-order valence-corrected chi connectivity index (χ0v) is 18.5. The van der Waals surface area contributed by atoms with Gasteiger partial charge in [0.25, 0.3) is 5.91 Å². The van der Waals surface area contributed by atoms with Crippen LogP contribution in [0.2, 0.25) is 0 Å². The monoisotopic (exact) mass is 443 g/mol. The van der Waals surface area contributed by atoms with E-state index >= 15 is 0 Å². The van der Waals surface area contributed by atoms with Gasteiger partial charge in [-0.05, 0) is 60.5 Å². The standard InChI is InChI=1S/C26H25N3O4/c1-3-33-26(32)23-15-28-29(17(23)2)22-12-10-19(11-13-22)25(31)27-16-24(30)21-9-8-18-6-4-5-7-20(18)14-21/h4-15,24,30H,3,16H2,1-2H3,(H,27,31). The van der Waals surface area contributed by atoms with Crippen molar-refractivity contribution in [3.8, 4) is 5.69 Å². The number of ether oxygens (including phenoxy) is 1. The first-order valence-corrected chi connectivity index (χ1v) is 10.7. The van der Waals surface area contributed by atoms with Crippen LogP contribution in [0.25, 0.3) is 16.5 Å². The van der Waals surface area contributed by atoms with Crippen molar-refractivity contribution in [3.05, 3.63) is 95.3 Å². The van der Waals surface area contributed by atoms with Gasteiger partial charge >= 0.3 is 5.97 Å². The molecule has 7 nitrogen and oxygen atoms in total. The smallest absolute Gasteiger partial charge is 0.341 e. The molecule has 1 unspecified atom stereocenters. The van der Waals surface area contributed by atoms with Crippen molar-refractivity contribution in [1.82, 2.24) is 15.1 Å². The molecule has 33 heavy (non-hydrogen) atoms. The Hall–Kier alpha value is -3.97. The topological polar surface area (TPSA) is 93.5 Å². The lowest BCUT2D eigenvalue weighted by atomic mass is 10.0. The molecule has 2 N–H and O–H groups in total. The third-order valence-electron chi connectivity index (χ3n) is 5.49. The Morgan fingerprint density at radius 2 is 1.79 bits per heavy atom. The van der Waals surface area contributed by atoms with Gasteiger partial charge in [0.05, 0.1) is 30.3 Å². The highest BCUT2D eigenvalue weighted by atomic mass is 16.5. The number of aliphatic hydroxyl groups excluding tert-OH is 1. The van der Waals surface area contributed by atoms with E-state index in [0.29, 0.717) is 23.4 Å². The first-order chi connectivity index (χ1) is 16.0. The molecule has 168 valence electrons. The number of hydrogen-bond acceptors (Lipinski definition) is 5. The maximum absolute atomic E-state index is 12.6. The Morgan fingerprint density at radius 1 is 1.06 bits per heavy atom. The van der Waals surface area contributed by atoms with Crippen LogP contribution in [0.5, 0.6) is 0 Å². The highest BCUT2D eigenvalue weighted by molar-refractivity contribution is 5.94. The second-order valence-electron chi connectivity index (χ2n) is 7.66. The van der Waals surface area contributed by atoms with Crippen LogP contribution in [-0.4, -0.2) is 39.9 Å². The molecule has 1 heterocycles. The summed E-state index contributed by atoms with van der Waals surface area (Å²) in [7, 11) is 0. The first kappa shape index (κ1) is 22.2. The minimum absolute atomic E-state index is 0.0973. The highest BCUT2D eigenvalue weighted by Crippen LogP contribution is 2.20. The fourth-order valence-electron chi connectivity index (χ4n) is 3.66. The van der Waals surface area contributed by atoms with Crippen LogP contribution in [-0.2, 0) is 4.74 Å². The number of amides is 1. The van der Waals surface area contributed by atoms with Gasteiger partial charge in [0, 0.05) is 12.1 Å². The molecular weight excluding hydrogens is 418 g/mol. The van der Waals surface area contributed by atoms with Crippen molar-refractivity contribution in [3.63, 3.8) is 0 Å². The van der Waals surface area contributed by atoms with Crippen LogP contribution in [0.1, 0.15) is 45.0 Å². The van der Waals surface area contributed by atoms with Crippen LogP contribution < -0.4 is 5.32 Å². The third kappa shape index (κ3) is 4.78. The minimum Gasteiger partial charge on any atom is -0.462 e. The van der Waals surface area contributed by atoms with Crippen LogP contribution in [0.15, 0.2) is 72.9 Å². The Bertz CT molecular complexity index is 1290. The number of rotatable bonds is 7. The van der Waals surface area contributed by atoms with Crippen molar-refractivity contribution < 1.29 is 19.4 Å². The van der Waals surface area contributed by atoms with Gasteiger partial charge in [-0.2, -0.15) is 5.10 Å². The summed E-state index contributed by atoms with van der Waals surface area (Å²) >= 11 is 0. The molecule has 4 rings (SSSR count). The summed E-state index contributed by atoms with van der Waals surface area (Å²) in [6, 6.07) is 20.5. The Labute approximate surface area is 191 Å². The number of benzene rings is 3. The number of aromatic nitrogens is 2. The fraction of sp³-hybridized carbons (Fsp3) is 0.192. The second-order valence-corrected chi connectivity index (χ2v) is 7.66. The highest BCUT2D eigenvalue weighted by Gasteiger charge is 2.17. The van der Waals surface area contributed by atoms with Crippen LogP contribution in [0.3, 0.4) is 0 Å². The SMILES string of the molecule is CCOC(=O)c1cnn(-c2ccc(C(=O)NCC(O)c3ccc4ccccc4c3)cc2)c1C. The molecule has 1 aromatic heterocycles. The zero-order valence-electron chi connectivity index (χ0n) is 18.5. The van der Waals surface area contributed by atoms with Gasteiger partial charge in [0.1, 0.15) is 5.56 Å². The fourth-order valence-corrected chi connectivity index (χ4v) is 3.66. The maximum atomic E-state index is 12.6. The van der Waals surface area contributed by atoms with E-state index in [4.69, 9.17) is 4.74 Å². The van der Waals surface area contributed by atoms with Crippen LogP contribution in [0.4, 0.5) is 0 Å². The summed E-state index contributed by atoms with van der Waals surface area (Å²) in [5.41, 5.74) is 2.98. The molecule has 3 aromatic carbocycles. The van der Waals surface area contributed by atoms with Gasteiger partial charge in [0.15, 0.2) is 0 Å². The van der Waals surface area contributed by atoms with Crippen molar-refractivity contribution in [1.29, 1.82) is 0 Å². The molecule has 4 aromatic rings. The number of esters is 1. The predicted molar refractivity (Wildman–Crippen MR) is 125 cm³/mol. The number of carbonyl (C=O) groups is 2. The Kier molecular flexibility index (Phi) is 6.51. The van der Waals surface area contributed by atoms with Crippen molar-refractivity contribution in [2.45, 2.75) is 20.0 Å². The molecule has 1 amide bonds. The second kappa shape index (κ2) is 9.67. The van der Waals surface area contributed by atoms with Crippen molar-refractivity contribution in [2.75, 3.05) is 13.2 Å². The van der Waals surface area contributed by atoms with E-state index in [1.54, 1.807) is 42.8 Å². The van der Waals surface area contributed by atoms with E-state index in [-0.39, 0.29) is 12.5 Å². The average molecular weight is 444 g/mol. The summed E-state index contributed by atoms with van der Waals surface area (Å²) in [5.74, 6) is -0.701. The number of carbonyl (C=O) groups excluding carboxylic acids is 2. The maximum Gasteiger partial charge on any atom is 0.341 e. The summed E-state index contributed by atoms with van der Waals surface area (Å²) in [5, 5.41) is 19.7. The molecule has 0 bridgehead atoms. The molecule has 0 saturated carbocycles. The largest absolute Gasteiger partial charge is 0.462 e. The molecule has 0 aliphatic heterocycles. The van der Waals surface area contributed by atoms with Gasteiger partial charge in [-0.15, -0.1) is 0 Å². The van der Waals surface area contributed by atoms with E-state index in [1.165, 1.54) is 6.20 Å². The summed E-state index contributed by atoms with van der Waals surface area (Å²) in [4.78, 5) is 24.6. The molecule has 1 atom stereocenters. The molecule has 0 spiro atoms. The average Bonchev–Trinajstić information content (AvgIpc) is 3.23. The molecule has 0 saturated heterocycles. The molecule has 0 aliphatic carbocycles. The van der Waals surface area contributed by atoms with E-state index in [0.717, 1.165) is 22.0 Å². The predicted octanol–water partition coefficient (Wildman–Crippen LogP) is 3.97. The minimum atomic E-state index is -0.814. The van der Waals surface area contributed by atoms with Gasteiger partial charge < -0.3 is 15.2 Å². The van der Waals surface area contributed by atoms with Crippen molar-refractivity contribution >= 4 is 22.6 Å². The molecule has 7 heteroatoms. The lowest BCUT2D eigenvalue weighted by molar-refractivity contribution is 0.0525. The van der Waals surface area contributed by atoms with Gasteiger partial charge in [-0.1, -0.05) is 36.4 Å². The van der Waals surface area contributed by atoms with E-state index < -0.39 is 12.1 Å². The van der Waals surface area contributed by atoms with E-state index in [1.807, 2.05) is 42.5 Å². The van der Waals surface area contributed by atoms with Crippen LogP contribution >= 0.6 is 0 Å². The normalized spacial score (nSPS) is 11.8. The Balaban J connectivity index is 1.40. The molecular formula is C26H25N3O4. The number of fused-ring (bicyclic) bond motifs is 1. The number of hydrogen-bond donors (Lipinski definition) is 2. The van der Waals surface area contributed by atoms with Crippen LogP contribution in [0, 0.1) is 6.92 Å². The van der Waals surface area contributed by atoms with Gasteiger partial charge in [-0.25, -0.2) is 9.48 Å². The van der Waals surface area contributed by atoms with E-state index in [9.17, 15) is 14.7 Å². The number of nitrogens with one attached hydrogen (secondary N) is 1. The lowest BCUT2D eigenvalue weighted by Crippen LogP contribution is -2.28. The quantitative estimate of drug-likeness (QED) is 0.422. The summed E-state index contributed by atoms with van der Waals surface area (Å²) < 4.78 is 6.66. The molecule has 0 aliphatic rings.